The van der Waals surface area contributed by atoms with Gasteiger partial charge in [0.15, 0.2) is 6.10 Å². The number of carbonyl (C=O) groups is 2. The largest absolute Gasteiger partial charge is 0.449 e. The van der Waals surface area contributed by atoms with Crippen LogP contribution in [-0.4, -0.2) is 55.0 Å². The molecule has 0 saturated heterocycles. The summed E-state index contributed by atoms with van der Waals surface area (Å²) in [7, 11) is -1.62. The molecule has 0 radical (unpaired) electrons. The lowest BCUT2D eigenvalue weighted by Gasteiger charge is -2.16. The van der Waals surface area contributed by atoms with Crippen molar-refractivity contribution in [3.8, 4) is 0 Å². The molecule has 28 heavy (non-hydrogen) atoms. The number of halogens is 1. The molecule has 1 heterocycles. The second-order valence-corrected chi connectivity index (χ2v) is 7.69. The highest BCUT2D eigenvalue weighted by atomic mass is 35.5. The number of amides is 1. The Labute approximate surface area is 166 Å². The minimum Gasteiger partial charge on any atom is -0.449 e. The number of carbonyl (C=O) groups excluding carboxylic acids is 2. The minimum absolute atomic E-state index is 0.0389. The van der Waals surface area contributed by atoms with Crippen molar-refractivity contribution in [2.75, 3.05) is 19.5 Å². The maximum Gasteiger partial charge on any atom is 0.340 e. The maximum atomic E-state index is 12.4. The van der Waals surface area contributed by atoms with Crippen LogP contribution in [0.4, 0.5) is 5.95 Å². The number of hydrogen-bond donors (Lipinski definition) is 1. The van der Waals surface area contributed by atoms with Crippen molar-refractivity contribution in [3.63, 3.8) is 0 Å². The van der Waals surface area contributed by atoms with Crippen molar-refractivity contribution < 1.29 is 27.6 Å². The molecule has 1 N–H and O–H groups in total. The van der Waals surface area contributed by atoms with Crippen molar-refractivity contribution in [1.82, 2.24) is 14.4 Å². The van der Waals surface area contributed by atoms with Gasteiger partial charge in [0, 0.05) is 19.4 Å². The summed E-state index contributed by atoms with van der Waals surface area (Å²) in [5.41, 5.74) is -0.220. The van der Waals surface area contributed by atoms with Crippen molar-refractivity contribution in [3.05, 3.63) is 47.2 Å². The average Bonchev–Trinajstić information content (AvgIpc) is 2.67. The van der Waals surface area contributed by atoms with E-state index >= 15 is 0 Å². The number of nitrogens with zero attached hydrogens (tertiary/aromatic N) is 3. The van der Waals surface area contributed by atoms with Gasteiger partial charge < -0.3 is 4.74 Å². The molecule has 2 aromatic rings. The molecule has 12 heteroatoms. The summed E-state index contributed by atoms with van der Waals surface area (Å²) in [6.45, 7) is 1.34. The van der Waals surface area contributed by atoms with Gasteiger partial charge in [-0.2, -0.15) is 0 Å². The van der Waals surface area contributed by atoms with E-state index in [4.69, 9.17) is 16.3 Å². The molecule has 0 aliphatic rings. The van der Waals surface area contributed by atoms with E-state index in [1.165, 1.54) is 45.6 Å². The van der Waals surface area contributed by atoms with Crippen molar-refractivity contribution in [1.29, 1.82) is 0 Å². The lowest BCUT2D eigenvalue weighted by atomic mass is 10.2. The molecule has 0 saturated carbocycles. The third-order valence-corrected chi connectivity index (χ3v) is 5.51. The Morgan fingerprint density at radius 1 is 1.25 bits per heavy atom. The van der Waals surface area contributed by atoms with Crippen LogP contribution in [0, 0.1) is 0 Å². The van der Waals surface area contributed by atoms with Gasteiger partial charge in [-0.1, -0.05) is 16.1 Å². The molecule has 0 aliphatic carbocycles. The van der Waals surface area contributed by atoms with Crippen LogP contribution in [0.1, 0.15) is 17.3 Å². The van der Waals surface area contributed by atoms with Crippen LogP contribution < -0.4 is 5.32 Å². The molecule has 0 unspecified atom stereocenters. The fraction of sp³-hybridized carbons (Fsp3) is 0.250. The predicted octanol–water partition coefficient (Wildman–Crippen LogP) is 1.50. The Bertz CT molecular complexity index is 970. The Morgan fingerprint density at radius 3 is 2.50 bits per heavy atom. The maximum absolute atomic E-state index is 12.4. The molecule has 0 spiro atoms. The van der Waals surface area contributed by atoms with Gasteiger partial charge >= 0.3 is 5.97 Å². The molecular formula is C16H17ClN4O6S. The zero-order valence-corrected chi connectivity index (χ0v) is 16.7. The summed E-state index contributed by atoms with van der Waals surface area (Å²) >= 11 is 5.99. The molecule has 1 aromatic carbocycles. The normalized spacial score (nSPS) is 12.5. The Kier molecular flexibility index (Phi) is 7.02. The number of esters is 1. The molecule has 1 amide bonds. The Balaban J connectivity index is 2.17. The van der Waals surface area contributed by atoms with Crippen LogP contribution >= 0.6 is 11.6 Å². The van der Waals surface area contributed by atoms with Gasteiger partial charge in [0.25, 0.3) is 15.9 Å². The van der Waals surface area contributed by atoms with Gasteiger partial charge in [0.05, 0.1) is 22.6 Å². The first kappa shape index (κ1) is 21.7. The van der Waals surface area contributed by atoms with Gasteiger partial charge in [-0.05, 0) is 31.2 Å². The van der Waals surface area contributed by atoms with Crippen LogP contribution in [-0.2, 0) is 24.4 Å². The minimum atomic E-state index is -4.00. The first-order valence-electron chi connectivity index (χ1n) is 7.78. The third kappa shape index (κ3) is 5.01. The molecular weight excluding hydrogens is 412 g/mol. The molecule has 1 aromatic heterocycles. The molecule has 0 aliphatic heterocycles. The van der Waals surface area contributed by atoms with E-state index < -0.39 is 28.0 Å². The standard InChI is InChI=1S/C16H17ClN4O6S/c1-10(14(22)20-16-18-7-4-8-19-16)27-15(23)12-9-11(5-6-13(12)17)28(24,25)21(2)26-3/h4-10H,1-3H3,(H,18,19,20,22)/t10-/m0/s1. The van der Waals surface area contributed by atoms with Gasteiger partial charge in [-0.15, -0.1) is 0 Å². The zero-order valence-electron chi connectivity index (χ0n) is 15.1. The summed E-state index contributed by atoms with van der Waals surface area (Å²) in [6, 6.07) is 5.06. The number of rotatable bonds is 7. The van der Waals surface area contributed by atoms with Crippen LogP contribution in [0.5, 0.6) is 0 Å². The molecule has 150 valence electrons. The number of nitrogens with one attached hydrogen (secondary N) is 1. The van der Waals surface area contributed by atoms with Crippen molar-refractivity contribution in [2.45, 2.75) is 17.9 Å². The van der Waals surface area contributed by atoms with Crippen LogP contribution in [0.15, 0.2) is 41.6 Å². The van der Waals surface area contributed by atoms with Gasteiger partial charge in [0.2, 0.25) is 5.95 Å². The SMILES string of the molecule is CON(C)S(=O)(=O)c1ccc(Cl)c(C(=O)O[C@@H](C)C(=O)Nc2ncccn2)c1. The Morgan fingerprint density at radius 2 is 1.89 bits per heavy atom. The van der Waals surface area contributed by atoms with E-state index in [1.54, 1.807) is 6.07 Å². The fourth-order valence-electron chi connectivity index (χ4n) is 1.92. The summed E-state index contributed by atoms with van der Waals surface area (Å²) in [4.78, 5) is 36.6. The topological polar surface area (TPSA) is 128 Å². The summed E-state index contributed by atoms with van der Waals surface area (Å²) in [5.74, 6) is -1.60. The van der Waals surface area contributed by atoms with E-state index in [0.717, 1.165) is 6.07 Å². The fourth-order valence-corrected chi connectivity index (χ4v) is 3.12. The smallest absolute Gasteiger partial charge is 0.340 e. The molecule has 10 nitrogen and oxygen atoms in total. The number of benzene rings is 1. The van der Waals surface area contributed by atoms with Gasteiger partial charge in [-0.3, -0.25) is 14.9 Å². The highest BCUT2D eigenvalue weighted by molar-refractivity contribution is 7.89. The van der Waals surface area contributed by atoms with E-state index in [2.05, 4.69) is 20.1 Å². The monoisotopic (exact) mass is 428 g/mol. The number of ether oxygens (including phenoxy) is 1. The second kappa shape index (κ2) is 9.06. The highest BCUT2D eigenvalue weighted by Crippen LogP contribution is 2.23. The summed E-state index contributed by atoms with van der Waals surface area (Å²) < 4.78 is 30.3. The van der Waals surface area contributed by atoms with Crippen LogP contribution in [0.3, 0.4) is 0 Å². The first-order chi connectivity index (χ1) is 13.2. The summed E-state index contributed by atoms with van der Waals surface area (Å²) in [5, 5.41) is 2.34. The average molecular weight is 429 g/mol. The molecule has 0 fully saturated rings. The van der Waals surface area contributed by atoms with Crippen LogP contribution in [0.25, 0.3) is 0 Å². The zero-order chi connectivity index (χ0) is 20.9. The van der Waals surface area contributed by atoms with Gasteiger partial charge in [-0.25, -0.2) is 23.2 Å². The molecule has 0 bridgehead atoms. The molecule has 2 rings (SSSR count). The van der Waals surface area contributed by atoms with E-state index in [0.29, 0.717) is 4.47 Å². The highest BCUT2D eigenvalue weighted by Gasteiger charge is 2.26. The number of sulfonamides is 1. The Hall–Kier alpha value is -2.60. The lowest BCUT2D eigenvalue weighted by Crippen LogP contribution is -2.31. The van der Waals surface area contributed by atoms with E-state index in [9.17, 15) is 18.0 Å². The van der Waals surface area contributed by atoms with Crippen molar-refractivity contribution >= 4 is 39.4 Å². The van der Waals surface area contributed by atoms with E-state index in [1.807, 2.05) is 0 Å². The summed E-state index contributed by atoms with van der Waals surface area (Å²) in [6.07, 6.45) is 1.65. The first-order valence-corrected chi connectivity index (χ1v) is 9.60. The second-order valence-electron chi connectivity index (χ2n) is 5.35. The number of anilines is 1. The van der Waals surface area contributed by atoms with E-state index in [-0.39, 0.29) is 21.4 Å². The number of hydrogen-bond acceptors (Lipinski definition) is 8. The third-order valence-electron chi connectivity index (χ3n) is 3.51. The number of aromatic nitrogens is 2. The predicted molar refractivity (Wildman–Crippen MR) is 98.9 cm³/mol. The van der Waals surface area contributed by atoms with Crippen LogP contribution in [0.2, 0.25) is 5.02 Å². The van der Waals surface area contributed by atoms with Gasteiger partial charge in [0.1, 0.15) is 0 Å². The quantitative estimate of drug-likeness (QED) is 0.519. The number of hydroxylamine groups is 1. The molecule has 1 atom stereocenters. The lowest BCUT2D eigenvalue weighted by molar-refractivity contribution is -0.123. The van der Waals surface area contributed by atoms with Crippen molar-refractivity contribution in [2.24, 2.45) is 0 Å².